The van der Waals surface area contributed by atoms with Crippen molar-refractivity contribution in [1.82, 2.24) is 0 Å². The topological polar surface area (TPSA) is 71.1 Å². The number of ether oxygens (including phenoxy) is 2. The van der Waals surface area contributed by atoms with E-state index in [9.17, 15) is 9.36 Å². The molecule has 0 saturated carbocycles. The molecule has 0 aliphatic heterocycles. The highest BCUT2D eigenvalue weighted by Crippen LogP contribution is 2.61. The van der Waals surface area contributed by atoms with E-state index in [1.54, 1.807) is 46.8 Å². The second-order valence-electron chi connectivity index (χ2n) is 6.32. The van der Waals surface area contributed by atoms with Gasteiger partial charge in [-0.25, -0.2) is 0 Å². The molecule has 0 fully saturated rings. The third-order valence-electron chi connectivity index (χ3n) is 3.13. The second-order valence-corrected chi connectivity index (χ2v) is 8.82. The quantitative estimate of drug-likeness (QED) is 0.344. The highest BCUT2D eigenvalue weighted by molar-refractivity contribution is 7.54. The van der Waals surface area contributed by atoms with Gasteiger partial charge in [-0.05, 0) is 58.4 Å². The van der Waals surface area contributed by atoms with E-state index in [2.05, 4.69) is 0 Å². The largest absolute Gasteiger partial charge is 0.426 e. The number of hydrogen-bond donors (Lipinski definition) is 0. The van der Waals surface area contributed by atoms with Crippen molar-refractivity contribution in [3.63, 3.8) is 0 Å². The summed E-state index contributed by atoms with van der Waals surface area (Å²) in [5.74, 6) is -1.16. The van der Waals surface area contributed by atoms with E-state index in [0.29, 0.717) is 10.6 Å². The van der Waals surface area contributed by atoms with Gasteiger partial charge in [0.15, 0.2) is 5.85 Å². The maximum Gasteiger partial charge on any atom is 0.363 e. The molecule has 0 radical (unpaired) electrons. The molecule has 1 atom stereocenters. The summed E-state index contributed by atoms with van der Waals surface area (Å²) in [6.45, 7) is 9.07. The van der Waals surface area contributed by atoms with Crippen molar-refractivity contribution in [3.05, 3.63) is 28.8 Å². The first kappa shape index (κ1) is 22.1. The summed E-state index contributed by atoms with van der Waals surface area (Å²) in [6.07, 6.45) is 0. The summed E-state index contributed by atoms with van der Waals surface area (Å²) in [7, 11) is -2.18. The van der Waals surface area contributed by atoms with Gasteiger partial charge >= 0.3 is 13.6 Å². The van der Waals surface area contributed by atoms with Crippen LogP contribution >= 0.6 is 19.2 Å². The van der Waals surface area contributed by atoms with E-state index < -0.39 is 24.8 Å². The molecule has 1 rings (SSSR count). The fourth-order valence-corrected chi connectivity index (χ4v) is 4.10. The smallest absolute Gasteiger partial charge is 0.363 e. The summed E-state index contributed by atoms with van der Waals surface area (Å²) in [4.78, 5) is 12.1. The molecular formula is C17H26ClO6P. The Morgan fingerprint density at radius 1 is 1.16 bits per heavy atom. The second kappa shape index (κ2) is 9.15. The lowest BCUT2D eigenvalue weighted by Gasteiger charge is -2.26. The zero-order valence-electron chi connectivity index (χ0n) is 15.5. The Morgan fingerprint density at radius 2 is 1.72 bits per heavy atom. The molecule has 142 valence electrons. The van der Waals surface area contributed by atoms with Crippen LogP contribution < -0.4 is 4.74 Å². The molecule has 0 spiro atoms. The monoisotopic (exact) mass is 392 g/mol. The van der Waals surface area contributed by atoms with Crippen LogP contribution in [0.3, 0.4) is 0 Å². The van der Waals surface area contributed by atoms with Gasteiger partial charge in [0.1, 0.15) is 5.75 Å². The number of esters is 1. The Labute approximate surface area is 154 Å². The average Bonchev–Trinajstić information content (AvgIpc) is 2.46. The Kier molecular flexibility index (Phi) is 8.10. The number of benzene rings is 1. The van der Waals surface area contributed by atoms with Crippen LogP contribution in [-0.2, 0) is 23.1 Å². The van der Waals surface area contributed by atoms with Gasteiger partial charge in [0.05, 0.1) is 18.6 Å². The summed E-state index contributed by atoms with van der Waals surface area (Å²) in [5, 5.41) is 0.316. The van der Waals surface area contributed by atoms with Crippen LogP contribution in [0.15, 0.2) is 18.2 Å². The molecule has 1 unspecified atom stereocenters. The van der Waals surface area contributed by atoms with E-state index >= 15 is 0 Å². The van der Waals surface area contributed by atoms with Crippen molar-refractivity contribution in [2.75, 3.05) is 20.3 Å². The lowest BCUT2D eigenvalue weighted by atomic mass is 9.97. The Hall–Kier alpha value is -0.910. The highest BCUT2D eigenvalue weighted by Gasteiger charge is 2.38. The molecule has 0 heterocycles. The number of hydrogen-bond acceptors (Lipinski definition) is 6. The molecule has 0 aromatic heterocycles. The fourth-order valence-electron chi connectivity index (χ4n) is 2.03. The van der Waals surface area contributed by atoms with Crippen molar-refractivity contribution in [2.45, 2.75) is 40.5 Å². The predicted molar refractivity (Wildman–Crippen MR) is 97.2 cm³/mol. The number of carbonyl (C=O) groups excluding carboxylic acids is 1. The van der Waals surface area contributed by atoms with Gasteiger partial charge in [-0.3, -0.25) is 9.36 Å². The summed E-state index contributed by atoms with van der Waals surface area (Å²) in [6, 6.07) is 4.64. The van der Waals surface area contributed by atoms with Crippen molar-refractivity contribution < 1.29 is 27.9 Å². The minimum atomic E-state index is -3.58. The lowest BCUT2D eigenvalue weighted by Crippen LogP contribution is -2.25. The molecule has 0 aliphatic carbocycles. The number of halogens is 1. The van der Waals surface area contributed by atoms with Crippen LogP contribution in [0.5, 0.6) is 5.75 Å². The normalized spacial score (nSPS) is 13.6. The number of carbonyl (C=O) groups is 1. The van der Waals surface area contributed by atoms with Crippen LogP contribution in [0.4, 0.5) is 0 Å². The standard InChI is InChI=1S/C17H26ClO6P/c1-7-22-25(20,23-8-2)15(21-6)12-9-13(18)11-14(10-12)24-16(19)17(3,4)5/h9-11,15H,7-8H2,1-6H3. The number of rotatable bonds is 8. The third kappa shape index (κ3) is 6.08. The molecule has 6 nitrogen and oxygen atoms in total. The summed E-state index contributed by atoms with van der Waals surface area (Å²) < 4.78 is 34.5. The van der Waals surface area contributed by atoms with E-state index in [4.69, 9.17) is 30.1 Å². The van der Waals surface area contributed by atoms with Gasteiger partial charge in [0.25, 0.3) is 0 Å². The zero-order valence-corrected chi connectivity index (χ0v) is 17.1. The molecule has 1 aromatic carbocycles. The summed E-state index contributed by atoms with van der Waals surface area (Å²) in [5.41, 5.74) is -0.230. The van der Waals surface area contributed by atoms with Crippen molar-refractivity contribution >= 4 is 25.2 Å². The fraction of sp³-hybridized carbons (Fsp3) is 0.588. The number of methoxy groups -OCH3 is 1. The van der Waals surface area contributed by atoms with Gasteiger partial charge in [-0.2, -0.15) is 0 Å². The van der Waals surface area contributed by atoms with Gasteiger partial charge < -0.3 is 18.5 Å². The van der Waals surface area contributed by atoms with Crippen LogP contribution in [-0.4, -0.2) is 26.3 Å². The van der Waals surface area contributed by atoms with E-state index in [1.165, 1.54) is 13.2 Å². The Balaban J connectivity index is 3.26. The molecule has 25 heavy (non-hydrogen) atoms. The van der Waals surface area contributed by atoms with Crippen LogP contribution in [0.1, 0.15) is 46.0 Å². The molecular weight excluding hydrogens is 367 g/mol. The molecule has 1 aromatic rings. The highest BCUT2D eigenvalue weighted by atomic mass is 35.5. The van der Waals surface area contributed by atoms with Crippen molar-refractivity contribution in [3.8, 4) is 5.75 Å². The molecule has 0 aliphatic rings. The molecule has 0 saturated heterocycles. The first-order chi connectivity index (χ1) is 11.6. The van der Waals surface area contributed by atoms with E-state index in [1.807, 2.05) is 0 Å². The van der Waals surface area contributed by atoms with Gasteiger partial charge in [-0.15, -0.1) is 0 Å². The Bertz CT molecular complexity index is 631. The van der Waals surface area contributed by atoms with Crippen LogP contribution in [0, 0.1) is 5.41 Å². The van der Waals surface area contributed by atoms with E-state index in [0.717, 1.165) is 0 Å². The first-order valence-corrected chi connectivity index (χ1v) is 10.0. The summed E-state index contributed by atoms with van der Waals surface area (Å²) >= 11 is 6.13. The average molecular weight is 393 g/mol. The zero-order chi connectivity index (χ0) is 19.3. The molecule has 0 bridgehead atoms. The first-order valence-electron chi connectivity index (χ1n) is 8.01. The van der Waals surface area contributed by atoms with Crippen molar-refractivity contribution in [1.29, 1.82) is 0 Å². The minimum absolute atomic E-state index is 0.198. The van der Waals surface area contributed by atoms with E-state index in [-0.39, 0.29) is 19.0 Å². The van der Waals surface area contributed by atoms with Gasteiger partial charge in [0, 0.05) is 12.1 Å². The van der Waals surface area contributed by atoms with Gasteiger partial charge in [0.2, 0.25) is 0 Å². The SMILES string of the molecule is CCOP(=O)(OCC)C(OC)c1cc(Cl)cc(OC(=O)C(C)(C)C)c1. The maximum atomic E-state index is 13.0. The van der Waals surface area contributed by atoms with Gasteiger partial charge in [-0.1, -0.05) is 11.6 Å². The minimum Gasteiger partial charge on any atom is -0.426 e. The third-order valence-corrected chi connectivity index (χ3v) is 5.67. The van der Waals surface area contributed by atoms with Crippen LogP contribution in [0.2, 0.25) is 5.02 Å². The molecule has 0 N–H and O–H groups in total. The van der Waals surface area contributed by atoms with Crippen molar-refractivity contribution in [2.24, 2.45) is 5.41 Å². The van der Waals surface area contributed by atoms with Crippen LogP contribution in [0.25, 0.3) is 0 Å². The predicted octanol–water partition coefficient (Wildman–Crippen LogP) is 5.20. The lowest BCUT2D eigenvalue weighted by molar-refractivity contribution is -0.143. The molecule has 8 heteroatoms. The Morgan fingerprint density at radius 3 is 2.16 bits per heavy atom. The molecule has 0 amide bonds. The maximum absolute atomic E-state index is 13.0.